The molecule has 0 radical (unpaired) electrons. The molecule has 2 heterocycles. The van der Waals surface area contributed by atoms with Crippen molar-refractivity contribution in [3.05, 3.63) is 108 Å². The number of nitrogens with two attached hydrogens (primary N) is 4. The molecule has 0 aliphatic carbocycles. The number of carboxylic acids is 1. The zero-order valence-corrected chi connectivity index (χ0v) is 53.4. The van der Waals surface area contributed by atoms with E-state index < -0.39 is 181 Å². The minimum Gasteiger partial charge on any atom is -0.508 e. The molecule has 23 N–H and O–H groups in total. The lowest BCUT2D eigenvalue weighted by Gasteiger charge is -2.28. The number of nitrogens with zero attached hydrogens (tertiary/aromatic N) is 2. The van der Waals surface area contributed by atoms with Crippen molar-refractivity contribution in [3.63, 3.8) is 0 Å². The molecule has 5 rings (SSSR count). The third-order valence-electron chi connectivity index (χ3n) is 14.6. The predicted octanol–water partition coefficient (Wildman–Crippen LogP) is -4.65. The van der Waals surface area contributed by atoms with Gasteiger partial charge in [0.1, 0.15) is 77.7 Å². The number of carbonyl (C=O) groups excluding carboxylic acids is 12. The summed E-state index contributed by atoms with van der Waals surface area (Å²) in [6.45, 7) is 4.65. The lowest BCUT2D eigenvalue weighted by molar-refractivity contribution is -0.141. The Morgan fingerprint density at radius 1 is 0.531 bits per heavy atom. The number of aromatic nitrogens is 2. The van der Waals surface area contributed by atoms with Gasteiger partial charge in [-0.05, 0) is 85.2 Å². The van der Waals surface area contributed by atoms with Gasteiger partial charge in [-0.2, -0.15) is 0 Å². The standard InChI is InChI=1S/C61H81N17O17S/c1-30(2)19-40-55(90)73-43(22-34-10-16-38(81)17-11-34)57(92)77-46(25-50(84)85)60(95)74-42(21-33-8-14-37(80)15-9-33)56(91)75-44(23-35-26-66-29-68-35)58(93)76-45(24-48(62)82)59(94)78-47(51(63)86)27-96-28-49(83)70-41(20-32-6-12-36(79)13-7-32)54(89)69-31(3)52(87)71-39(53(88)72-40)5-4-18-67-61(64)65/h6-17,26,29-31,39-47,79-81H,4-5,18-25,27-28H2,1-3H3,(H2,62,82)(H2,63,86)(H,66,68)(H,69,89)(H,70,83)(H,71,87)(H,72,88)(H,73,90)(H,74,95)(H,75,91)(H,76,93)(H,77,92)(H,78,94)(H,84,85)(H4,64,65,67)/t31-,39-,40-,41-,42-,43-,44-,45-,46-,47-/m0/s1. The van der Waals surface area contributed by atoms with Crippen LogP contribution in [0, 0.1) is 5.92 Å². The van der Waals surface area contributed by atoms with Crippen molar-refractivity contribution in [2.45, 2.75) is 139 Å². The number of carbonyl (C=O) groups is 13. The molecule has 3 aromatic carbocycles. The number of primary amides is 2. The third kappa shape index (κ3) is 25.8. The number of imidazole rings is 1. The highest BCUT2D eigenvalue weighted by molar-refractivity contribution is 8.00. The number of benzene rings is 3. The van der Waals surface area contributed by atoms with Crippen LogP contribution in [0.25, 0.3) is 0 Å². The second-order valence-electron chi connectivity index (χ2n) is 23.0. The molecule has 0 saturated carbocycles. The fourth-order valence-electron chi connectivity index (χ4n) is 9.61. The van der Waals surface area contributed by atoms with E-state index in [0.717, 1.165) is 11.8 Å². The van der Waals surface area contributed by atoms with Crippen molar-refractivity contribution in [2.24, 2.45) is 33.8 Å². The maximum absolute atomic E-state index is 14.7. The number of amides is 12. The van der Waals surface area contributed by atoms with E-state index in [-0.39, 0.29) is 72.6 Å². The van der Waals surface area contributed by atoms with Crippen LogP contribution in [-0.2, 0) is 88.0 Å². The molecule has 1 aliphatic heterocycles. The number of rotatable bonds is 19. The number of aliphatic carboxylic acids is 1. The summed E-state index contributed by atoms with van der Waals surface area (Å²) in [5.41, 5.74) is 23.5. The number of aliphatic imine (C=N–C) groups is 1. The van der Waals surface area contributed by atoms with Crippen molar-refractivity contribution in [3.8, 4) is 17.2 Å². The average molecular weight is 1360 g/mol. The van der Waals surface area contributed by atoms with E-state index in [1.165, 1.54) is 92.2 Å². The molecule has 35 heteroatoms. The Balaban J connectivity index is 1.62. The first-order valence-corrected chi connectivity index (χ1v) is 31.3. The smallest absolute Gasteiger partial charge is 0.305 e. The highest BCUT2D eigenvalue weighted by Gasteiger charge is 2.37. The summed E-state index contributed by atoms with van der Waals surface area (Å²) in [5.74, 6) is -16.6. The van der Waals surface area contributed by atoms with Gasteiger partial charge in [-0.3, -0.25) is 67.3 Å². The molecular formula is C61H81N17O17S. The SMILES string of the molecule is CC(C)C[C@@H]1NC(=O)[C@H](CCCN=C(N)N)NC(=O)[C@H](C)NC(=O)[C@H](Cc2ccc(O)cc2)NC(=O)CSC[C@@H](C(N)=O)NC(=O)[C@H](CC(N)=O)NC(=O)[C@H](Cc2cnc[nH]2)NC(=O)[C@H](Cc2ccc(O)cc2)NC(=O)[C@H](CC(=O)O)NC(=O)[C@H](Cc2ccc(O)cc2)NC1=O. The van der Waals surface area contributed by atoms with Crippen LogP contribution in [0.4, 0.5) is 0 Å². The second-order valence-corrected chi connectivity index (χ2v) is 24.0. The van der Waals surface area contributed by atoms with Crippen molar-refractivity contribution in [1.29, 1.82) is 0 Å². The zero-order valence-electron chi connectivity index (χ0n) is 52.6. The Morgan fingerprint density at radius 3 is 1.39 bits per heavy atom. The van der Waals surface area contributed by atoms with Crippen molar-refractivity contribution in [2.75, 3.05) is 18.1 Å². The first kappa shape index (κ1) is 75.7. The van der Waals surface area contributed by atoms with Gasteiger partial charge in [-0.1, -0.05) is 50.2 Å². The number of hydrogen-bond donors (Lipinski definition) is 19. The molecular weight excluding hydrogens is 1270 g/mol. The van der Waals surface area contributed by atoms with E-state index in [2.05, 4.69) is 68.1 Å². The summed E-state index contributed by atoms with van der Waals surface area (Å²) in [6.07, 6.45) is -1.23. The van der Waals surface area contributed by atoms with Gasteiger partial charge in [0.15, 0.2) is 5.96 Å². The fraction of sp³-hybridized carbons (Fsp3) is 0.426. The van der Waals surface area contributed by atoms with E-state index in [0.29, 0.717) is 11.1 Å². The first-order chi connectivity index (χ1) is 45.4. The summed E-state index contributed by atoms with van der Waals surface area (Å²) in [7, 11) is 0. The van der Waals surface area contributed by atoms with Gasteiger partial charge < -0.3 is 102 Å². The number of phenolic OH excluding ortho intramolecular Hbond substituents is 3. The number of carboxylic acid groups (broad SMARTS) is 1. The van der Waals surface area contributed by atoms with Crippen LogP contribution in [0.2, 0.25) is 0 Å². The molecule has 1 saturated heterocycles. The molecule has 0 bridgehead atoms. The van der Waals surface area contributed by atoms with Gasteiger partial charge in [0, 0.05) is 49.9 Å². The quantitative estimate of drug-likeness (QED) is 0.0238. The van der Waals surface area contributed by atoms with E-state index in [1.807, 2.05) is 0 Å². The number of hydrogen-bond acceptors (Lipinski definition) is 19. The predicted molar refractivity (Wildman–Crippen MR) is 345 cm³/mol. The minimum absolute atomic E-state index is 0.0385. The molecule has 518 valence electrons. The average Bonchev–Trinajstić information content (AvgIpc) is 1.25. The highest BCUT2D eigenvalue weighted by atomic mass is 32.2. The van der Waals surface area contributed by atoms with Gasteiger partial charge in [0.05, 0.1) is 24.9 Å². The molecule has 96 heavy (non-hydrogen) atoms. The summed E-state index contributed by atoms with van der Waals surface area (Å²) < 4.78 is 0. The number of phenols is 3. The van der Waals surface area contributed by atoms with E-state index in [4.69, 9.17) is 22.9 Å². The molecule has 10 atom stereocenters. The van der Waals surface area contributed by atoms with Crippen molar-refractivity contribution >= 4 is 94.6 Å². The number of aromatic hydroxyl groups is 3. The van der Waals surface area contributed by atoms with Crippen LogP contribution in [0.1, 0.15) is 75.3 Å². The second kappa shape index (κ2) is 37.0. The van der Waals surface area contributed by atoms with Gasteiger partial charge in [-0.25, -0.2) is 4.98 Å². The number of H-pyrrole nitrogens is 1. The largest absolute Gasteiger partial charge is 0.508 e. The molecule has 1 aliphatic rings. The zero-order chi connectivity index (χ0) is 70.8. The lowest BCUT2D eigenvalue weighted by Crippen LogP contribution is -2.61. The van der Waals surface area contributed by atoms with Gasteiger partial charge in [0.2, 0.25) is 70.9 Å². The third-order valence-corrected chi connectivity index (χ3v) is 15.6. The van der Waals surface area contributed by atoms with Gasteiger partial charge >= 0.3 is 5.97 Å². The van der Waals surface area contributed by atoms with Crippen LogP contribution >= 0.6 is 11.8 Å². The molecule has 12 amide bonds. The van der Waals surface area contributed by atoms with Crippen LogP contribution < -0.4 is 76.1 Å². The fourth-order valence-corrected chi connectivity index (χ4v) is 10.5. The van der Waals surface area contributed by atoms with Crippen LogP contribution in [0.15, 0.2) is 90.3 Å². The van der Waals surface area contributed by atoms with Crippen LogP contribution in [0.3, 0.4) is 0 Å². The minimum atomic E-state index is -2.05. The Kier molecular flexibility index (Phi) is 29.2. The van der Waals surface area contributed by atoms with E-state index >= 15 is 0 Å². The summed E-state index contributed by atoms with van der Waals surface area (Å²) in [4.78, 5) is 192. The van der Waals surface area contributed by atoms with Crippen LogP contribution in [0.5, 0.6) is 17.2 Å². The molecule has 0 spiro atoms. The summed E-state index contributed by atoms with van der Waals surface area (Å²) in [6, 6.07) is -0.456. The lowest BCUT2D eigenvalue weighted by atomic mass is 9.99. The van der Waals surface area contributed by atoms with Crippen molar-refractivity contribution < 1.29 is 82.8 Å². The Bertz CT molecular complexity index is 3430. The number of guanidine groups is 1. The number of aromatic amines is 1. The molecule has 34 nitrogen and oxygen atoms in total. The monoisotopic (exact) mass is 1360 g/mol. The summed E-state index contributed by atoms with van der Waals surface area (Å²) in [5, 5.41) is 65.2. The Labute approximate surface area is 554 Å². The van der Waals surface area contributed by atoms with Crippen molar-refractivity contribution in [1.82, 2.24) is 63.1 Å². The number of thioether (sulfide) groups is 1. The molecule has 0 unspecified atom stereocenters. The highest BCUT2D eigenvalue weighted by Crippen LogP contribution is 2.17. The van der Waals surface area contributed by atoms with Crippen LogP contribution in [-0.4, -0.2) is 192 Å². The maximum Gasteiger partial charge on any atom is 0.305 e. The molecule has 4 aromatic rings. The molecule has 1 aromatic heterocycles. The summed E-state index contributed by atoms with van der Waals surface area (Å²) >= 11 is 0.744. The normalized spacial score (nSPS) is 23.0. The maximum atomic E-state index is 14.7. The Hall–Kier alpha value is -11.0. The van der Waals surface area contributed by atoms with E-state index in [9.17, 15) is 82.8 Å². The Morgan fingerprint density at radius 2 is 0.938 bits per heavy atom. The van der Waals surface area contributed by atoms with Gasteiger partial charge in [-0.15, -0.1) is 11.8 Å². The molecule has 1 fully saturated rings. The number of nitrogens with one attached hydrogen (secondary N) is 11. The topological polar surface area (TPSA) is 568 Å². The first-order valence-electron chi connectivity index (χ1n) is 30.2. The van der Waals surface area contributed by atoms with Gasteiger partial charge in [0.25, 0.3) is 0 Å². The van der Waals surface area contributed by atoms with E-state index in [1.54, 1.807) is 13.8 Å².